The second kappa shape index (κ2) is 4.16. The molecule has 0 rings (SSSR count). The third kappa shape index (κ3) is 9.54. The van der Waals surface area contributed by atoms with Crippen molar-refractivity contribution in [1.82, 2.24) is 0 Å². The maximum absolute atomic E-state index is 5.47. The first-order chi connectivity index (χ1) is 3.06. The lowest BCUT2D eigenvalue weighted by molar-refractivity contribution is -0.867. The standard InChI is InChI=1S/C5H13ClN.CH4/c1-7(2,3)5-4-6;/h4-5H2,1-3H3;1H4/q+1;. The van der Waals surface area contributed by atoms with E-state index in [9.17, 15) is 0 Å². The first-order valence-electron chi connectivity index (χ1n) is 2.43. The molecule has 0 aliphatic carbocycles. The monoisotopic (exact) mass is 138 g/mol. The van der Waals surface area contributed by atoms with Gasteiger partial charge in [0.15, 0.2) is 0 Å². The summed E-state index contributed by atoms with van der Waals surface area (Å²) in [5.41, 5.74) is 0. The lowest BCUT2D eigenvalue weighted by Crippen LogP contribution is -2.35. The molecule has 0 aliphatic heterocycles. The highest BCUT2D eigenvalue weighted by Gasteiger charge is 2.02. The van der Waals surface area contributed by atoms with Crippen molar-refractivity contribution in [1.29, 1.82) is 0 Å². The Hall–Kier alpha value is 0.250. The number of hydrogen-bond donors (Lipinski definition) is 0. The van der Waals surface area contributed by atoms with Crippen LogP contribution in [0, 0.1) is 0 Å². The van der Waals surface area contributed by atoms with Gasteiger partial charge < -0.3 is 4.48 Å². The van der Waals surface area contributed by atoms with Gasteiger partial charge in [0.05, 0.1) is 33.6 Å². The molecule has 0 spiro atoms. The lowest BCUT2D eigenvalue weighted by Gasteiger charge is -2.21. The van der Waals surface area contributed by atoms with Gasteiger partial charge in [0, 0.05) is 0 Å². The van der Waals surface area contributed by atoms with Crippen molar-refractivity contribution in [3.63, 3.8) is 0 Å². The van der Waals surface area contributed by atoms with E-state index in [1.54, 1.807) is 0 Å². The molecule has 0 atom stereocenters. The molecule has 0 amide bonds. The number of nitrogens with zero attached hydrogens (tertiary/aromatic N) is 1. The largest absolute Gasteiger partial charge is 0.330 e. The lowest BCUT2D eigenvalue weighted by atomic mass is 10.6. The van der Waals surface area contributed by atoms with Crippen LogP contribution in [-0.2, 0) is 0 Å². The molecule has 0 bridgehead atoms. The molecule has 0 N–H and O–H groups in total. The van der Waals surface area contributed by atoms with E-state index in [4.69, 9.17) is 11.6 Å². The summed E-state index contributed by atoms with van der Waals surface area (Å²) in [5.74, 6) is 0.753. The van der Waals surface area contributed by atoms with Crippen molar-refractivity contribution >= 4 is 11.6 Å². The fraction of sp³-hybridized carbons (Fsp3) is 1.00. The summed E-state index contributed by atoms with van der Waals surface area (Å²) >= 11 is 5.47. The third-order valence-corrected chi connectivity index (χ3v) is 0.924. The average molecular weight is 139 g/mol. The second-order valence-corrected chi connectivity index (χ2v) is 3.08. The molecule has 0 heterocycles. The van der Waals surface area contributed by atoms with Gasteiger partial charge in [0.25, 0.3) is 0 Å². The highest BCUT2D eigenvalue weighted by atomic mass is 35.5. The van der Waals surface area contributed by atoms with E-state index < -0.39 is 0 Å². The first kappa shape index (κ1) is 11.1. The quantitative estimate of drug-likeness (QED) is 0.402. The SMILES string of the molecule is C.C[N+](C)(C)CCCl. The summed E-state index contributed by atoms with van der Waals surface area (Å²) in [5, 5.41) is 0. The Bertz CT molecular complexity index is 47.0. The van der Waals surface area contributed by atoms with Gasteiger partial charge in [-0.15, -0.1) is 11.6 Å². The number of alkyl halides is 1. The van der Waals surface area contributed by atoms with Gasteiger partial charge in [-0.05, 0) is 0 Å². The summed E-state index contributed by atoms with van der Waals surface area (Å²) in [6.07, 6.45) is 0. The minimum Gasteiger partial charge on any atom is -0.330 e. The molecule has 0 aromatic heterocycles. The maximum Gasteiger partial charge on any atom is 0.0918 e. The Morgan fingerprint density at radius 2 is 1.62 bits per heavy atom. The Kier molecular flexibility index (Phi) is 5.77. The molecule has 52 valence electrons. The van der Waals surface area contributed by atoms with Gasteiger partial charge in [-0.3, -0.25) is 0 Å². The molecule has 0 radical (unpaired) electrons. The molecule has 8 heavy (non-hydrogen) atoms. The summed E-state index contributed by atoms with van der Waals surface area (Å²) in [6.45, 7) is 1.04. The fourth-order valence-electron chi connectivity index (χ4n) is 0.254. The van der Waals surface area contributed by atoms with Crippen LogP contribution < -0.4 is 0 Å². The van der Waals surface area contributed by atoms with Crippen LogP contribution in [0.25, 0.3) is 0 Å². The van der Waals surface area contributed by atoms with Gasteiger partial charge in [-0.25, -0.2) is 0 Å². The molecule has 2 heteroatoms. The molecule has 0 unspecified atom stereocenters. The van der Waals surface area contributed by atoms with E-state index in [0.717, 1.165) is 16.9 Å². The number of rotatable bonds is 2. The van der Waals surface area contributed by atoms with Crippen LogP contribution in [0.2, 0.25) is 0 Å². The summed E-state index contributed by atoms with van der Waals surface area (Å²) < 4.78 is 0.962. The Morgan fingerprint density at radius 1 is 1.25 bits per heavy atom. The van der Waals surface area contributed by atoms with Gasteiger partial charge in [0.1, 0.15) is 0 Å². The molecular formula is C6H17ClN+. The highest BCUT2D eigenvalue weighted by molar-refractivity contribution is 6.17. The van der Waals surface area contributed by atoms with Crippen molar-refractivity contribution in [2.75, 3.05) is 33.6 Å². The van der Waals surface area contributed by atoms with Crippen LogP contribution in [0.1, 0.15) is 7.43 Å². The van der Waals surface area contributed by atoms with E-state index in [1.165, 1.54) is 0 Å². The van der Waals surface area contributed by atoms with E-state index in [2.05, 4.69) is 21.1 Å². The molecule has 0 aliphatic rings. The van der Waals surface area contributed by atoms with Crippen LogP contribution in [-0.4, -0.2) is 38.1 Å². The number of hydrogen-bond acceptors (Lipinski definition) is 0. The summed E-state index contributed by atoms with van der Waals surface area (Å²) in [6, 6.07) is 0. The van der Waals surface area contributed by atoms with Gasteiger partial charge in [-0.2, -0.15) is 0 Å². The van der Waals surface area contributed by atoms with Crippen molar-refractivity contribution in [2.45, 2.75) is 7.43 Å². The minimum atomic E-state index is 0. The van der Waals surface area contributed by atoms with E-state index >= 15 is 0 Å². The Morgan fingerprint density at radius 3 is 1.62 bits per heavy atom. The molecule has 0 saturated heterocycles. The van der Waals surface area contributed by atoms with Crippen LogP contribution in [0.5, 0.6) is 0 Å². The second-order valence-electron chi connectivity index (χ2n) is 2.70. The zero-order chi connectivity index (χ0) is 5.91. The third-order valence-electron chi connectivity index (χ3n) is 0.755. The van der Waals surface area contributed by atoms with Crippen LogP contribution in [0.4, 0.5) is 0 Å². The van der Waals surface area contributed by atoms with Crippen molar-refractivity contribution in [2.24, 2.45) is 0 Å². The normalized spacial score (nSPS) is 10.5. The van der Waals surface area contributed by atoms with Crippen molar-refractivity contribution in [3.8, 4) is 0 Å². The predicted octanol–water partition coefficient (Wildman–Crippen LogP) is 1.57. The molecule has 0 aromatic rings. The molecule has 0 saturated carbocycles. The minimum absolute atomic E-state index is 0. The fourth-order valence-corrected chi connectivity index (χ4v) is 0.761. The molecule has 0 aromatic carbocycles. The van der Waals surface area contributed by atoms with Gasteiger partial charge >= 0.3 is 0 Å². The highest BCUT2D eigenvalue weighted by Crippen LogP contribution is 1.88. The van der Waals surface area contributed by atoms with Crippen LogP contribution in [0.3, 0.4) is 0 Å². The van der Waals surface area contributed by atoms with E-state index in [1.807, 2.05) is 0 Å². The number of quaternary nitrogens is 1. The molecule has 1 nitrogen and oxygen atoms in total. The van der Waals surface area contributed by atoms with Crippen LogP contribution >= 0.6 is 11.6 Å². The Labute approximate surface area is 57.8 Å². The topological polar surface area (TPSA) is 0 Å². The van der Waals surface area contributed by atoms with Crippen molar-refractivity contribution in [3.05, 3.63) is 0 Å². The summed E-state index contributed by atoms with van der Waals surface area (Å²) in [7, 11) is 6.38. The smallest absolute Gasteiger partial charge is 0.0918 e. The summed E-state index contributed by atoms with van der Waals surface area (Å²) in [4.78, 5) is 0. The van der Waals surface area contributed by atoms with Crippen LogP contribution in [0.15, 0.2) is 0 Å². The maximum atomic E-state index is 5.47. The predicted molar refractivity (Wildman–Crippen MR) is 40.4 cm³/mol. The molecular weight excluding hydrogens is 122 g/mol. The Balaban J connectivity index is 0. The number of halogens is 1. The van der Waals surface area contributed by atoms with E-state index in [0.29, 0.717) is 0 Å². The zero-order valence-electron chi connectivity index (χ0n) is 5.24. The van der Waals surface area contributed by atoms with Gasteiger partial charge in [-0.1, -0.05) is 7.43 Å². The zero-order valence-corrected chi connectivity index (χ0v) is 6.00. The van der Waals surface area contributed by atoms with Crippen molar-refractivity contribution < 1.29 is 4.48 Å². The molecule has 0 fully saturated rings. The average Bonchev–Trinajstić information content (AvgIpc) is 1.30. The van der Waals surface area contributed by atoms with Gasteiger partial charge in [0.2, 0.25) is 0 Å². The van der Waals surface area contributed by atoms with E-state index in [-0.39, 0.29) is 7.43 Å². The first-order valence-corrected chi connectivity index (χ1v) is 2.96.